The zero-order valence-electron chi connectivity index (χ0n) is 18.5. The summed E-state index contributed by atoms with van der Waals surface area (Å²) in [5.41, 5.74) is 1.91. The van der Waals surface area contributed by atoms with Crippen LogP contribution in [0.1, 0.15) is 25.7 Å². The number of pyridine rings is 1. The molecule has 0 bridgehead atoms. The first-order valence-electron chi connectivity index (χ1n) is 11.0. The van der Waals surface area contributed by atoms with Crippen molar-refractivity contribution in [3.63, 3.8) is 0 Å². The number of hydrogen-bond acceptors (Lipinski definition) is 6. The molecule has 3 aromatic rings. The Morgan fingerprint density at radius 2 is 1.88 bits per heavy atom. The van der Waals surface area contributed by atoms with Gasteiger partial charge in [-0.2, -0.15) is 0 Å². The first-order chi connectivity index (χ1) is 15.9. The Balaban J connectivity index is 1.55. The number of fused-ring (bicyclic) bond motifs is 1. The second-order valence-electron chi connectivity index (χ2n) is 8.43. The van der Waals surface area contributed by atoms with E-state index in [0.717, 1.165) is 31.5 Å². The number of amides is 1. The number of hydrogen-bond donors (Lipinski definition) is 1. The molecule has 1 fully saturated rings. The van der Waals surface area contributed by atoms with Gasteiger partial charge in [0.15, 0.2) is 11.6 Å². The van der Waals surface area contributed by atoms with Gasteiger partial charge in [0.05, 0.1) is 34.3 Å². The van der Waals surface area contributed by atoms with E-state index in [0.29, 0.717) is 40.2 Å². The minimum Gasteiger partial charge on any atom is -0.342 e. The summed E-state index contributed by atoms with van der Waals surface area (Å²) in [7, 11) is -1.05. The zero-order chi connectivity index (χ0) is 23.0. The topological polar surface area (TPSA) is 91.3 Å². The van der Waals surface area contributed by atoms with Gasteiger partial charge < -0.3 is 14.5 Å². The lowest BCUT2D eigenvalue weighted by molar-refractivity contribution is -0.117. The van der Waals surface area contributed by atoms with Crippen molar-refractivity contribution in [2.45, 2.75) is 36.6 Å². The Hall–Kier alpha value is -3.46. The molecule has 0 radical (unpaired) electrons. The molecule has 9 heteroatoms. The standard InChI is InChI=1S/C24H26N6O2S/c1-29-21-15-26-23(27-24(21)30(16-22(29)31)17-8-6-7-9-17)19-12-13-25-14-20(19)28-33(2,32)18-10-4-3-5-11-18/h3-5,10-15,17H,2,6-9,16H2,1H3,(H,28,32). The molecule has 1 unspecified atom stereocenters. The monoisotopic (exact) mass is 462 g/mol. The van der Waals surface area contributed by atoms with Crippen LogP contribution in [0, 0.1) is 0 Å². The number of rotatable bonds is 5. The Morgan fingerprint density at radius 3 is 2.64 bits per heavy atom. The molecule has 1 aliphatic carbocycles. The molecule has 8 nitrogen and oxygen atoms in total. The maximum Gasteiger partial charge on any atom is 0.246 e. The van der Waals surface area contributed by atoms with E-state index in [1.165, 1.54) is 0 Å². The summed E-state index contributed by atoms with van der Waals surface area (Å²) in [6.45, 7) is 0.312. The van der Waals surface area contributed by atoms with Gasteiger partial charge in [0.1, 0.15) is 5.69 Å². The highest BCUT2D eigenvalue weighted by Crippen LogP contribution is 2.38. The summed E-state index contributed by atoms with van der Waals surface area (Å²) in [6.07, 6.45) is 9.39. The predicted molar refractivity (Wildman–Crippen MR) is 132 cm³/mol. The van der Waals surface area contributed by atoms with E-state index in [1.54, 1.807) is 48.7 Å². The van der Waals surface area contributed by atoms with Gasteiger partial charge in [-0.25, -0.2) is 14.2 Å². The van der Waals surface area contributed by atoms with E-state index in [1.807, 2.05) is 18.2 Å². The quantitative estimate of drug-likeness (QED) is 0.585. The third kappa shape index (κ3) is 4.04. The summed E-state index contributed by atoms with van der Waals surface area (Å²) in [6, 6.07) is 11.2. The number of carbonyl (C=O) groups is 1. The van der Waals surface area contributed by atoms with Crippen molar-refractivity contribution >= 4 is 38.7 Å². The maximum atomic E-state index is 13.3. The van der Waals surface area contributed by atoms with Crippen LogP contribution in [0.5, 0.6) is 0 Å². The molecule has 1 saturated carbocycles. The normalized spacial score (nSPS) is 18.2. The van der Waals surface area contributed by atoms with E-state index in [4.69, 9.17) is 4.98 Å². The minimum atomic E-state index is -2.81. The molecule has 5 rings (SSSR count). The lowest BCUT2D eigenvalue weighted by Crippen LogP contribution is -2.48. The molecule has 1 aliphatic heterocycles. The van der Waals surface area contributed by atoms with Crippen molar-refractivity contribution in [2.75, 3.05) is 28.1 Å². The highest BCUT2D eigenvalue weighted by atomic mass is 32.2. The van der Waals surface area contributed by atoms with Crippen LogP contribution in [-0.4, -0.2) is 50.6 Å². The molecule has 3 heterocycles. The van der Waals surface area contributed by atoms with E-state index < -0.39 is 9.71 Å². The van der Waals surface area contributed by atoms with Gasteiger partial charge in [0, 0.05) is 29.7 Å². The lowest BCUT2D eigenvalue weighted by Gasteiger charge is -2.37. The van der Waals surface area contributed by atoms with Gasteiger partial charge in [0.25, 0.3) is 0 Å². The molecule has 2 aromatic heterocycles. The van der Waals surface area contributed by atoms with Crippen LogP contribution in [0.4, 0.5) is 17.2 Å². The largest absolute Gasteiger partial charge is 0.342 e. The van der Waals surface area contributed by atoms with E-state index in [-0.39, 0.29) is 5.91 Å². The van der Waals surface area contributed by atoms with Crippen LogP contribution < -0.4 is 14.5 Å². The van der Waals surface area contributed by atoms with Gasteiger partial charge in [0.2, 0.25) is 5.91 Å². The van der Waals surface area contributed by atoms with E-state index in [2.05, 4.69) is 25.5 Å². The zero-order valence-corrected chi connectivity index (χ0v) is 19.3. The predicted octanol–water partition coefficient (Wildman–Crippen LogP) is 3.37. The molecule has 170 valence electrons. The van der Waals surface area contributed by atoms with Gasteiger partial charge in [-0.3, -0.25) is 9.78 Å². The van der Waals surface area contributed by atoms with Crippen LogP contribution in [-0.2, 0) is 14.5 Å². The summed E-state index contributed by atoms with van der Waals surface area (Å²) >= 11 is 0. The lowest BCUT2D eigenvalue weighted by atomic mass is 10.1. The number of aromatic nitrogens is 3. The van der Waals surface area contributed by atoms with E-state index >= 15 is 0 Å². The van der Waals surface area contributed by atoms with Gasteiger partial charge in [-0.15, -0.1) is 0 Å². The summed E-state index contributed by atoms with van der Waals surface area (Å²) < 4.78 is 16.4. The fourth-order valence-corrected chi connectivity index (χ4v) is 5.70. The molecule has 2 aliphatic rings. The molecule has 33 heavy (non-hydrogen) atoms. The Labute approximate surface area is 193 Å². The molecule has 0 saturated heterocycles. The van der Waals surface area contributed by atoms with Crippen LogP contribution >= 0.6 is 0 Å². The molecule has 0 spiro atoms. The second-order valence-corrected chi connectivity index (χ2v) is 10.5. The number of nitrogens with zero attached hydrogens (tertiary/aromatic N) is 5. The van der Waals surface area contributed by atoms with Crippen molar-refractivity contribution in [3.05, 3.63) is 55.0 Å². The molecule has 1 aromatic carbocycles. The van der Waals surface area contributed by atoms with Crippen LogP contribution in [0.15, 0.2) is 59.9 Å². The van der Waals surface area contributed by atoms with Gasteiger partial charge in [-0.05, 0) is 36.9 Å². The second kappa shape index (κ2) is 8.47. The number of anilines is 3. The van der Waals surface area contributed by atoms with Crippen LogP contribution in [0.25, 0.3) is 11.4 Å². The van der Waals surface area contributed by atoms with Crippen molar-refractivity contribution < 1.29 is 9.00 Å². The number of carbonyl (C=O) groups excluding carboxylic acids is 1. The number of nitrogens with one attached hydrogen (secondary N) is 1. The van der Waals surface area contributed by atoms with Crippen LogP contribution in [0.3, 0.4) is 0 Å². The smallest absolute Gasteiger partial charge is 0.246 e. The Kier molecular flexibility index (Phi) is 5.49. The maximum absolute atomic E-state index is 13.3. The summed E-state index contributed by atoms with van der Waals surface area (Å²) in [5.74, 6) is 5.20. The average molecular weight is 463 g/mol. The van der Waals surface area contributed by atoms with Gasteiger partial charge in [-0.1, -0.05) is 31.0 Å². The number of likely N-dealkylation sites (N-methyl/N-ethyl adjacent to an activating group) is 1. The molecule has 1 amide bonds. The third-order valence-electron chi connectivity index (χ3n) is 6.29. The summed E-state index contributed by atoms with van der Waals surface area (Å²) in [5, 5.41) is 0. The van der Waals surface area contributed by atoms with Crippen molar-refractivity contribution in [2.24, 2.45) is 0 Å². The number of benzene rings is 1. The highest BCUT2D eigenvalue weighted by Gasteiger charge is 2.34. The van der Waals surface area contributed by atoms with Crippen molar-refractivity contribution in [1.29, 1.82) is 0 Å². The van der Waals surface area contributed by atoms with Crippen molar-refractivity contribution in [3.8, 4) is 11.4 Å². The van der Waals surface area contributed by atoms with Crippen molar-refractivity contribution in [1.82, 2.24) is 15.0 Å². The fourth-order valence-electron chi connectivity index (χ4n) is 4.47. The summed E-state index contributed by atoms with van der Waals surface area (Å²) in [4.78, 5) is 30.6. The van der Waals surface area contributed by atoms with Gasteiger partial charge >= 0.3 is 0 Å². The SMILES string of the molecule is C=S(=O)(Nc1cnccc1-c1ncc2c(n1)N(C1CCCC1)CC(=O)N2C)c1ccccc1. The van der Waals surface area contributed by atoms with E-state index in [9.17, 15) is 9.00 Å². The van der Waals surface area contributed by atoms with Crippen LogP contribution in [0.2, 0.25) is 0 Å². The molecule has 1 atom stereocenters. The fraction of sp³-hybridized carbons (Fsp3) is 0.292. The Morgan fingerprint density at radius 1 is 1.12 bits per heavy atom. The molecular formula is C24H26N6O2S. The minimum absolute atomic E-state index is 0.0386. The molecule has 1 N–H and O–H groups in total. The first kappa shape index (κ1) is 21.4. The Bertz CT molecular complexity index is 1290. The highest BCUT2D eigenvalue weighted by molar-refractivity contribution is 8.01. The average Bonchev–Trinajstić information content (AvgIpc) is 3.37. The molecular weight excluding hydrogens is 436 g/mol. The first-order valence-corrected chi connectivity index (χ1v) is 12.7. The third-order valence-corrected chi connectivity index (χ3v) is 7.87.